The summed E-state index contributed by atoms with van der Waals surface area (Å²) in [6, 6.07) is 0. The monoisotopic (exact) mass is 381 g/mol. The number of ether oxygens (including phenoxy) is 3. The maximum atomic E-state index is 12.2. The van der Waals surface area contributed by atoms with Crippen LogP contribution in [0.1, 0.15) is 32.1 Å². The summed E-state index contributed by atoms with van der Waals surface area (Å²) >= 11 is 0. The van der Waals surface area contributed by atoms with Gasteiger partial charge in [-0.2, -0.15) is 4.98 Å². The number of hydrogen-bond acceptors (Lipinski definition) is 9. The van der Waals surface area contributed by atoms with Crippen LogP contribution in [0.3, 0.4) is 0 Å². The number of hydrogen-bond donors (Lipinski definition) is 2. The number of aliphatic carboxylic acids is 1. The van der Waals surface area contributed by atoms with Gasteiger partial charge >= 0.3 is 23.6 Å². The molecule has 3 atom stereocenters. The van der Waals surface area contributed by atoms with Crippen LogP contribution in [0.15, 0.2) is 17.1 Å². The lowest BCUT2D eigenvalue weighted by Gasteiger charge is -2.21. The Balaban J connectivity index is 2.35. The Kier molecular flexibility index (Phi) is 6.29. The molecule has 0 saturated carbocycles. The summed E-state index contributed by atoms with van der Waals surface area (Å²) in [5, 5.41) is 8.74. The van der Waals surface area contributed by atoms with Gasteiger partial charge in [0.25, 0.3) is 0 Å². The number of aromatic nitrogens is 2. The van der Waals surface area contributed by atoms with Crippen LogP contribution in [0.5, 0.6) is 0 Å². The van der Waals surface area contributed by atoms with Gasteiger partial charge in [0.05, 0.1) is 6.10 Å². The van der Waals surface area contributed by atoms with E-state index in [1.165, 1.54) is 26.1 Å². The normalized spacial score (nSPS) is 21.9. The number of nitrogens with two attached hydrogens (primary N) is 1. The molecule has 0 aliphatic carbocycles. The van der Waals surface area contributed by atoms with Gasteiger partial charge in [-0.15, -0.1) is 0 Å². The van der Waals surface area contributed by atoms with Gasteiger partial charge in [-0.05, 0) is 6.08 Å². The van der Waals surface area contributed by atoms with E-state index in [2.05, 4.69) is 4.98 Å². The van der Waals surface area contributed by atoms with E-state index in [1.807, 2.05) is 0 Å². The van der Waals surface area contributed by atoms with Crippen molar-refractivity contribution in [3.05, 3.63) is 28.3 Å². The first kappa shape index (κ1) is 20.1. The van der Waals surface area contributed by atoms with E-state index in [-0.39, 0.29) is 24.4 Å². The third-order valence-electron chi connectivity index (χ3n) is 3.63. The Hall–Kier alpha value is -3.21. The molecule has 0 radical (unpaired) electrons. The largest absolute Gasteiger partial charge is 0.478 e. The number of rotatable bonds is 6. The molecule has 146 valence electrons. The lowest BCUT2D eigenvalue weighted by Crippen LogP contribution is -2.34. The van der Waals surface area contributed by atoms with Gasteiger partial charge < -0.3 is 25.1 Å². The zero-order valence-electron chi connectivity index (χ0n) is 14.7. The van der Waals surface area contributed by atoms with Crippen molar-refractivity contribution in [1.29, 1.82) is 0 Å². The molecular weight excluding hydrogens is 362 g/mol. The van der Waals surface area contributed by atoms with Crippen LogP contribution in [-0.2, 0) is 28.6 Å². The van der Waals surface area contributed by atoms with E-state index in [1.54, 1.807) is 0 Å². The predicted molar refractivity (Wildman–Crippen MR) is 90.3 cm³/mol. The SMILES string of the molecule is CC(=O)OC[C@@H]1C[C@@H](OC(C)=O)[C@H](n2cc(/C=C/C(=O)O)c(N)nc2=O)O1. The maximum absolute atomic E-state index is 12.2. The van der Waals surface area contributed by atoms with E-state index in [9.17, 15) is 19.2 Å². The molecule has 0 aromatic carbocycles. The second-order valence-corrected chi connectivity index (χ2v) is 5.78. The van der Waals surface area contributed by atoms with Gasteiger partial charge in [0.1, 0.15) is 18.5 Å². The third-order valence-corrected chi connectivity index (χ3v) is 3.63. The Bertz CT molecular complexity index is 831. The molecule has 0 unspecified atom stereocenters. The number of nitrogen functional groups attached to an aromatic ring is 1. The molecule has 0 spiro atoms. The second-order valence-electron chi connectivity index (χ2n) is 5.78. The number of nitrogens with zero attached hydrogens (tertiary/aromatic N) is 2. The molecule has 1 aromatic rings. The molecule has 0 bridgehead atoms. The van der Waals surface area contributed by atoms with Crippen molar-refractivity contribution < 1.29 is 33.7 Å². The minimum atomic E-state index is -1.21. The lowest BCUT2D eigenvalue weighted by molar-refractivity contribution is -0.153. The van der Waals surface area contributed by atoms with Crippen molar-refractivity contribution in [1.82, 2.24) is 9.55 Å². The summed E-state index contributed by atoms with van der Waals surface area (Å²) < 4.78 is 16.9. The fraction of sp³-hybridized carbons (Fsp3) is 0.438. The highest BCUT2D eigenvalue weighted by atomic mass is 16.6. The summed E-state index contributed by atoms with van der Waals surface area (Å²) in [5.74, 6) is -2.45. The van der Waals surface area contributed by atoms with Crippen LogP contribution in [0.4, 0.5) is 5.82 Å². The van der Waals surface area contributed by atoms with Crippen LogP contribution >= 0.6 is 0 Å². The number of carboxylic acid groups (broad SMARTS) is 1. The lowest BCUT2D eigenvalue weighted by atomic mass is 10.2. The highest BCUT2D eigenvalue weighted by molar-refractivity contribution is 5.86. The van der Waals surface area contributed by atoms with Gasteiger partial charge in [0.15, 0.2) is 6.23 Å². The van der Waals surface area contributed by atoms with Crippen molar-refractivity contribution in [2.45, 2.75) is 38.7 Å². The average Bonchev–Trinajstić information content (AvgIpc) is 2.94. The molecule has 1 saturated heterocycles. The fourth-order valence-electron chi connectivity index (χ4n) is 2.57. The molecule has 1 aromatic heterocycles. The van der Waals surface area contributed by atoms with Gasteiger partial charge in [-0.25, -0.2) is 9.59 Å². The zero-order valence-corrected chi connectivity index (χ0v) is 14.7. The predicted octanol–water partition coefficient (Wildman–Crippen LogP) is -0.294. The van der Waals surface area contributed by atoms with Crippen LogP contribution in [0.25, 0.3) is 6.08 Å². The highest BCUT2D eigenvalue weighted by Gasteiger charge is 2.40. The molecule has 1 aliphatic heterocycles. The quantitative estimate of drug-likeness (QED) is 0.495. The van der Waals surface area contributed by atoms with Gasteiger partial charge in [-0.3, -0.25) is 14.2 Å². The molecular formula is C16H19N3O8. The molecule has 2 rings (SSSR count). The van der Waals surface area contributed by atoms with Crippen molar-refractivity contribution in [2.75, 3.05) is 12.3 Å². The van der Waals surface area contributed by atoms with Crippen LogP contribution < -0.4 is 11.4 Å². The molecule has 1 fully saturated rings. The summed E-state index contributed by atoms with van der Waals surface area (Å²) in [5.41, 5.74) is 5.05. The van der Waals surface area contributed by atoms with E-state index < -0.39 is 42.0 Å². The van der Waals surface area contributed by atoms with E-state index in [0.717, 1.165) is 10.6 Å². The zero-order chi connectivity index (χ0) is 20.1. The van der Waals surface area contributed by atoms with Crippen molar-refractivity contribution in [3.8, 4) is 0 Å². The second kappa shape index (κ2) is 8.45. The molecule has 2 heterocycles. The smallest absolute Gasteiger partial charge is 0.351 e. The number of anilines is 1. The Morgan fingerprint density at radius 2 is 2.11 bits per heavy atom. The van der Waals surface area contributed by atoms with Crippen LogP contribution in [0, 0.1) is 0 Å². The van der Waals surface area contributed by atoms with Gasteiger partial charge in [-0.1, -0.05) is 0 Å². The number of carbonyl (C=O) groups excluding carboxylic acids is 2. The molecule has 11 nitrogen and oxygen atoms in total. The summed E-state index contributed by atoms with van der Waals surface area (Å²) in [7, 11) is 0. The van der Waals surface area contributed by atoms with Crippen molar-refractivity contribution in [3.63, 3.8) is 0 Å². The summed E-state index contributed by atoms with van der Waals surface area (Å²) in [6.07, 6.45) is 0.992. The average molecular weight is 381 g/mol. The third kappa shape index (κ3) is 5.38. The number of carboxylic acids is 1. The molecule has 1 aliphatic rings. The first-order chi connectivity index (χ1) is 12.7. The topological polar surface area (TPSA) is 160 Å². The first-order valence-corrected chi connectivity index (χ1v) is 7.93. The Labute approximate surface area is 153 Å². The summed E-state index contributed by atoms with van der Waals surface area (Å²) in [6.45, 7) is 2.37. The molecule has 0 amide bonds. The standard InChI is InChI=1S/C16H19N3O8/c1-8(20)25-7-11-5-12(26-9(2)21)15(27-11)19-6-10(3-4-13(22)23)14(17)18-16(19)24/h3-4,6,11-12,15H,5,7H2,1-2H3,(H,22,23)(H2,17,18,24)/b4-3+/t11-,12+,15+/m0/s1. The number of carbonyl (C=O) groups is 3. The first-order valence-electron chi connectivity index (χ1n) is 7.93. The maximum Gasteiger partial charge on any atom is 0.351 e. The fourth-order valence-corrected chi connectivity index (χ4v) is 2.57. The van der Waals surface area contributed by atoms with Crippen molar-refractivity contribution >= 4 is 29.8 Å². The number of esters is 2. The molecule has 11 heteroatoms. The van der Waals surface area contributed by atoms with E-state index in [0.29, 0.717) is 0 Å². The highest BCUT2D eigenvalue weighted by Crippen LogP contribution is 2.31. The minimum Gasteiger partial charge on any atom is -0.478 e. The van der Waals surface area contributed by atoms with Crippen LogP contribution in [-0.4, -0.2) is 51.4 Å². The Morgan fingerprint density at radius 1 is 1.41 bits per heavy atom. The molecule has 27 heavy (non-hydrogen) atoms. The van der Waals surface area contributed by atoms with E-state index >= 15 is 0 Å². The molecule has 3 N–H and O–H groups in total. The summed E-state index contributed by atoms with van der Waals surface area (Å²) in [4.78, 5) is 48.9. The Morgan fingerprint density at radius 3 is 2.70 bits per heavy atom. The van der Waals surface area contributed by atoms with Crippen LogP contribution in [0.2, 0.25) is 0 Å². The van der Waals surface area contributed by atoms with Gasteiger partial charge in [0, 0.05) is 38.1 Å². The van der Waals surface area contributed by atoms with Gasteiger partial charge in [0.2, 0.25) is 0 Å². The minimum absolute atomic E-state index is 0.0769. The van der Waals surface area contributed by atoms with Crippen molar-refractivity contribution in [2.24, 2.45) is 0 Å². The van der Waals surface area contributed by atoms with E-state index in [4.69, 9.17) is 25.1 Å².